The maximum absolute atomic E-state index is 4.23. The molecule has 0 bridgehead atoms. The third-order valence-corrected chi connectivity index (χ3v) is 1.74. The first-order chi connectivity index (χ1) is 5.95. The number of pyridine rings is 1. The molecule has 2 rings (SSSR count). The first-order valence-corrected chi connectivity index (χ1v) is 3.96. The second kappa shape index (κ2) is 3.22. The predicted octanol–water partition coefficient (Wildman–Crippen LogP) is 1.93. The third kappa shape index (κ3) is 1.53. The van der Waals surface area contributed by atoms with E-state index in [4.69, 9.17) is 0 Å². The lowest BCUT2D eigenvalue weighted by molar-refractivity contribution is 0.781. The summed E-state index contributed by atoms with van der Waals surface area (Å²) in [5.41, 5.74) is 1.09. The number of hydrogen-bond donors (Lipinski definition) is 0. The van der Waals surface area contributed by atoms with Crippen molar-refractivity contribution < 1.29 is 0 Å². The Morgan fingerprint density at radius 2 is 1.92 bits per heavy atom. The maximum atomic E-state index is 4.23. The van der Waals surface area contributed by atoms with Crippen molar-refractivity contribution in [3.05, 3.63) is 54.6 Å². The van der Waals surface area contributed by atoms with Crippen LogP contribution in [-0.2, 0) is 6.54 Å². The van der Waals surface area contributed by atoms with E-state index in [-0.39, 0.29) is 0 Å². The molecule has 60 valence electrons. The highest BCUT2D eigenvalue weighted by molar-refractivity contribution is 5.05. The molecule has 0 aliphatic carbocycles. The number of rotatable bonds is 2. The summed E-state index contributed by atoms with van der Waals surface area (Å²) in [7, 11) is 0. The minimum atomic E-state index is 0.855. The molecule has 0 spiro atoms. The van der Waals surface area contributed by atoms with Crippen molar-refractivity contribution in [2.45, 2.75) is 6.54 Å². The summed E-state index contributed by atoms with van der Waals surface area (Å²) in [6.45, 7) is 0.855. The first-order valence-electron chi connectivity index (χ1n) is 3.96. The summed E-state index contributed by atoms with van der Waals surface area (Å²) < 4.78 is 2.10. The van der Waals surface area contributed by atoms with Crippen LogP contribution in [0.4, 0.5) is 0 Å². The van der Waals surface area contributed by atoms with Crippen LogP contribution in [0.5, 0.6) is 0 Å². The lowest BCUT2D eigenvalue weighted by atomic mass is 10.3. The van der Waals surface area contributed by atoms with Gasteiger partial charge in [-0.05, 0) is 24.3 Å². The summed E-state index contributed by atoms with van der Waals surface area (Å²) in [6.07, 6.45) is 5.89. The van der Waals surface area contributed by atoms with E-state index >= 15 is 0 Å². The molecule has 12 heavy (non-hydrogen) atoms. The molecule has 0 radical (unpaired) electrons. The molecular formula is C10H10N2. The average molecular weight is 158 g/mol. The van der Waals surface area contributed by atoms with Crippen LogP contribution >= 0.6 is 0 Å². The van der Waals surface area contributed by atoms with Gasteiger partial charge in [-0.3, -0.25) is 4.98 Å². The van der Waals surface area contributed by atoms with E-state index in [2.05, 4.69) is 9.55 Å². The van der Waals surface area contributed by atoms with Gasteiger partial charge in [0.1, 0.15) is 0 Å². The minimum Gasteiger partial charge on any atom is -0.348 e. The molecule has 0 aromatic carbocycles. The molecule has 0 amide bonds. The van der Waals surface area contributed by atoms with E-state index in [9.17, 15) is 0 Å². The van der Waals surface area contributed by atoms with Crippen LogP contribution in [-0.4, -0.2) is 9.55 Å². The number of aromatic nitrogens is 2. The van der Waals surface area contributed by atoms with Gasteiger partial charge in [0.2, 0.25) is 0 Å². The van der Waals surface area contributed by atoms with E-state index in [1.54, 1.807) is 0 Å². The van der Waals surface area contributed by atoms with Gasteiger partial charge in [-0.2, -0.15) is 0 Å². The van der Waals surface area contributed by atoms with Crippen molar-refractivity contribution in [2.75, 3.05) is 0 Å². The van der Waals surface area contributed by atoms with Gasteiger partial charge >= 0.3 is 0 Å². The lowest BCUT2D eigenvalue weighted by Crippen LogP contribution is -1.97. The van der Waals surface area contributed by atoms with E-state index in [0.29, 0.717) is 0 Å². The molecule has 0 aliphatic heterocycles. The second-order valence-corrected chi connectivity index (χ2v) is 2.68. The fourth-order valence-electron chi connectivity index (χ4n) is 1.15. The molecule has 0 fully saturated rings. The SMILES string of the molecule is c1ccc(Cn2cccc2)nc1. The largest absolute Gasteiger partial charge is 0.348 e. The predicted molar refractivity (Wildman–Crippen MR) is 47.8 cm³/mol. The number of nitrogens with zero attached hydrogens (tertiary/aromatic N) is 2. The van der Waals surface area contributed by atoms with Gasteiger partial charge in [0.05, 0.1) is 12.2 Å². The van der Waals surface area contributed by atoms with Crippen LogP contribution in [0.1, 0.15) is 5.69 Å². The monoisotopic (exact) mass is 158 g/mol. The Hall–Kier alpha value is -1.57. The van der Waals surface area contributed by atoms with Crippen LogP contribution in [0, 0.1) is 0 Å². The topological polar surface area (TPSA) is 17.8 Å². The molecule has 2 aromatic rings. The molecule has 0 N–H and O–H groups in total. The highest BCUT2D eigenvalue weighted by atomic mass is 14.9. The lowest BCUT2D eigenvalue weighted by Gasteiger charge is -2.00. The Morgan fingerprint density at radius 1 is 1.08 bits per heavy atom. The average Bonchev–Trinajstić information content (AvgIpc) is 2.59. The zero-order valence-corrected chi connectivity index (χ0v) is 6.72. The quantitative estimate of drug-likeness (QED) is 0.653. The molecule has 2 aromatic heterocycles. The van der Waals surface area contributed by atoms with Crippen molar-refractivity contribution in [1.82, 2.24) is 9.55 Å². The molecule has 2 nitrogen and oxygen atoms in total. The summed E-state index contributed by atoms with van der Waals surface area (Å²) in [5.74, 6) is 0. The second-order valence-electron chi connectivity index (χ2n) is 2.68. The molecule has 2 heterocycles. The van der Waals surface area contributed by atoms with Crippen LogP contribution in [0.15, 0.2) is 48.9 Å². The van der Waals surface area contributed by atoms with E-state index in [0.717, 1.165) is 12.2 Å². The van der Waals surface area contributed by atoms with Gasteiger partial charge in [-0.25, -0.2) is 0 Å². The summed E-state index contributed by atoms with van der Waals surface area (Å²) in [6, 6.07) is 10.00. The van der Waals surface area contributed by atoms with Crippen molar-refractivity contribution in [3.8, 4) is 0 Å². The van der Waals surface area contributed by atoms with E-state index in [1.165, 1.54) is 0 Å². The van der Waals surface area contributed by atoms with Crippen molar-refractivity contribution >= 4 is 0 Å². The van der Waals surface area contributed by atoms with Crippen molar-refractivity contribution in [1.29, 1.82) is 0 Å². The molecule has 2 heteroatoms. The Bertz CT molecular complexity index is 324. The highest BCUT2D eigenvalue weighted by Crippen LogP contribution is 1.98. The summed E-state index contributed by atoms with van der Waals surface area (Å²) in [5, 5.41) is 0. The summed E-state index contributed by atoms with van der Waals surface area (Å²) >= 11 is 0. The number of hydrogen-bond acceptors (Lipinski definition) is 1. The maximum Gasteiger partial charge on any atom is 0.0642 e. The molecule has 0 saturated heterocycles. The molecule has 0 atom stereocenters. The van der Waals surface area contributed by atoms with Crippen LogP contribution in [0.25, 0.3) is 0 Å². The molecular weight excluding hydrogens is 148 g/mol. The zero-order chi connectivity index (χ0) is 8.23. The van der Waals surface area contributed by atoms with E-state index in [1.807, 2.05) is 48.9 Å². The highest BCUT2D eigenvalue weighted by Gasteiger charge is 1.91. The van der Waals surface area contributed by atoms with Crippen LogP contribution in [0.2, 0.25) is 0 Å². The minimum absolute atomic E-state index is 0.855. The fourth-order valence-corrected chi connectivity index (χ4v) is 1.15. The molecule has 0 aliphatic rings. The van der Waals surface area contributed by atoms with Gasteiger partial charge in [-0.1, -0.05) is 6.07 Å². The normalized spacial score (nSPS) is 10.0. The van der Waals surface area contributed by atoms with E-state index < -0.39 is 0 Å². The Labute approximate surface area is 71.5 Å². The van der Waals surface area contributed by atoms with Crippen LogP contribution < -0.4 is 0 Å². The summed E-state index contributed by atoms with van der Waals surface area (Å²) in [4.78, 5) is 4.23. The standard InChI is InChI=1S/C10H10N2/c1-2-6-11-10(5-1)9-12-7-3-4-8-12/h1-8H,9H2. The van der Waals surface area contributed by atoms with Crippen molar-refractivity contribution in [2.24, 2.45) is 0 Å². The van der Waals surface area contributed by atoms with Gasteiger partial charge in [0, 0.05) is 18.6 Å². The van der Waals surface area contributed by atoms with Crippen LogP contribution in [0.3, 0.4) is 0 Å². The fraction of sp³-hybridized carbons (Fsp3) is 0.100. The van der Waals surface area contributed by atoms with Crippen molar-refractivity contribution in [3.63, 3.8) is 0 Å². The smallest absolute Gasteiger partial charge is 0.0642 e. The molecule has 0 unspecified atom stereocenters. The Balaban J connectivity index is 2.15. The van der Waals surface area contributed by atoms with Gasteiger partial charge in [0.25, 0.3) is 0 Å². The Morgan fingerprint density at radius 3 is 2.58 bits per heavy atom. The van der Waals surface area contributed by atoms with Gasteiger partial charge < -0.3 is 4.57 Å². The first kappa shape index (κ1) is 7.10. The van der Waals surface area contributed by atoms with Gasteiger partial charge in [-0.15, -0.1) is 0 Å². The zero-order valence-electron chi connectivity index (χ0n) is 6.72. The Kier molecular flexibility index (Phi) is 1.90. The molecule has 0 saturated carbocycles. The third-order valence-electron chi connectivity index (χ3n) is 1.74. The van der Waals surface area contributed by atoms with Gasteiger partial charge in [0.15, 0.2) is 0 Å².